The van der Waals surface area contributed by atoms with Crippen molar-refractivity contribution in [1.29, 1.82) is 0 Å². The highest BCUT2D eigenvalue weighted by Gasteiger charge is 2.25. The van der Waals surface area contributed by atoms with Crippen LogP contribution >= 0.6 is 23.4 Å². The molecule has 1 heterocycles. The first-order valence-electron chi connectivity index (χ1n) is 6.89. The Kier molecular flexibility index (Phi) is 5.04. The molecule has 4 heteroatoms. The number of nitrogens with zero attached hydrogens (tertiary/aromatic N) is 1. The smallest absolute Gasteiger partial charge is 0.0474 e. The lowest BCUT2D eigenvalue weighted by molar-refractivity contribution is 0.626. The van der Waals surface area contributed by atoms with E-state index in [0.717, 1.165) is 11.6 Å². The minimum atomic E-state index is 0.287. The van der Waals surface area contributed by atoms with Crippen molar-refractivity contribution in [2.75, 3.05) is 24.2 Å². The minimum absolute atomic E-state index is 0.287. The maximum absolute atomic E-state index is 6.43. The number of anilines is 1. The normalized spacial score (nSPS) is 25.4. The van der Waals surface area contributed by atoms with Gasteiger partial charge in [-0.15, -0.1) is 0 Å². The lowest BCUT2D eigenvalue weighted by atomic mass is 10.1. The van der Waals surface area contributed by atoms with E-state index in [0.29, 0.717) is 11.3 Å². The first-order valence-corrected chi connectivity index (χ1v) is 8.32. The molecule has 0 radical (unpaired) electrons. The van der Waals surface area contributed by atoms with Crippen LogP contribution in [0.3, 0.4) is 0 Å². The number of hydrogen-bond acceptors (Lipinski definition) is 3. The van der Waals surface area contributed by atoms with Crippen LogP contribution in [0.25, 0.3) is 0 Å². The Morgan fingerprint density at radius 3 is 2.79 bits per heavy atom. The lowest BCUT2D eigenvalue weighted by Gasteiger charge is -2.39. The first-order chi connectivity index (χ1) is 9.04. The predicted octanol–water partition coefficient (Wildman–Crippen LogP) is 3.95. The van der Waals surface area contributed by atoms with Gasteiger partial charge >= 0.3 is 0 Å². The molecule has 1 saturated heterocycles. The largest absolute Gasteiger partial charge is 0.367 e. The van der Waals surface area contributed by atoms with E-state index in [9.17, 15) is 0 Å². The number of benzene rings is 1. The SMILES string of the molecule is CNC(C)c1ccc(N2CCSC(C)C2C)cc1Cl. The molecule has 3 unspecified atom stereocenters. The summed E-state index contributed by atoms with van der Waals surface area (Å²) in [5, 5.41) is 4.76. The molecule has 0 amide bonds. The lowest BCUT2D eigenvalue weighted by Crippen LogP contribution is -2.44. The van der Waals surface area contributed by atoms with Gasteiger partial charge in [0.05, 0.1) is 0 Å². The molecule has 2 rings (SSSR count). The quantitative estimate of drug-likeness (QED) is 0.909. The Morgan fingerprint density at radius 1 is 1.42 bits per heavy atom. The summed E-state index contributed by atoms with van der Waals surface area (Å²) in [6.45, 7) is 7.84. The van der Waals surface area contributed by atoms with Crippen molar-refractivity contribution in [1.82, 2.24) is 5.32 Å². The van der Waals surface area contributed by atoms with Gasteiger partial charge in [-0.25, -0.2) is 0 Å². The number of rotatable bonds is 3. The molecular weight excluding hydrogens is 276 g/mol. The molecule has 1 aliphatic heterocycles. The van der Waals surface area contributed by atoms with Gasteiger partial charge in [0.2, 0.25) is 0 Å². The van der Waals surface area contributed by atoms with Crippen LogP contribution in [-0.4, -0.2) is 30.6 Å². The maximum atomic E-state index is 6.43. The van der Waals surface area contributed by atoms with Gasteiger partial charge in [0.1, 0.15) is 0 Å². The Hall–Kier alpha value is -0.380. The molecule has 2 nitrogen and oxygen atoms in total. The monoisotopic (exact) mass is 298 g/mol. The van der Waals surface area contributed by atoms with Crippen LogP contribution in [0, 0.1) is 0 Å². The highest BCUT2D eigenvalue weighted by Crippen LogP contribution is 2.32. The fraction of sp³-hybridized carbons (Fsp3) is 0.600. The average Bonchev–Trinajstić information content (AvgIpc) is 2.41. The summed E-state index contributed by atoms with van der Waals surface area (Å²) >= 11 is 8.49. The van der Waals surface area contributed by atoms with Crippen molar-refractivity contribution in [2.24, 2.45) is 0 Å². The minimum Gasteiger partial charge on any atom is -0.367 e. The third-order valence-corrected chi connectivity index (χ3v) is 5.76. The Labute approximate surface area is 125 Å². The third kappa shape index (κ3) is 3.21. The maximum Gasteiger partial charge on any atom is 0.0474 e. The van der Waals surface area contributed by atoms with E-state index in [2.05, 4.69) is 60.9 Å². The van der Waals surface area contributed by atoms with Crippen LogP contribution in [0.4, 0.5) is 5.69 Å². The predicted molar refractivity (Wildman–Crippen MR) is 87.7 cm³/mol. The van der Waals surface area contributed by atoms with Crippen LogP contribution in [0.15, 0.2) is 18.2 Å². The summed E-state index contributed by atoms with van der Waals surface area (Å²) in [4.78, 5) is 2.47. The summed E-state index contributed by atoms with van der Waals surface area (Å²) < 4.78 is 0. The molecule has 0 aliphatic carbocycles. The van der Waals surface area contributed by atoms with Gasteiger partial charge in [0.15, 0.2) is 0 Å². The van der Waals surface area contributed by atoms with Crippen molar-refractivity contribution in [3.63, 3.8) is 0 Å². The van der Waals surface area contributed by atoms with Crippen molar-refractivity contribution in [3.05, 3.63) is 28.8 Å². The van der Waals surface area contributed by atoms with Crippen LogP contribution in [0.5, 0.6) is 0 Å². The van der Waals surface area contributed by atoms with Crippen molar-refractivity contribution in [2.45, 2.75) is 38.1 Å². The van der Waals surface area contributed by atoms with E-state index in [1.165, 1.54) is 17.0 Å². The second-order valence-corrected chi connectivity index (χ2v) is 7.12. The van der Waals surface area contributed by atoms with Crippen molar-refractivity contribution >= 4 is 29.1 Å². The van der Waals surface area contributed by atoms with Gasteiger partial charge in [-0.3, -0.25) is 0 Å². The van der Waals surface area contributed by atoms with Crippen molar-refractivity contribution < 1.29 is 0 Å². The Bertz CT molecular complexity index is 438. The van der Waals surface area contributed by atoms with Crippen LogP contribution in [-0.2, 0) is 0 Å². The van der Waals surface area contributed by atoms with Crippen molar-refractivity contribution in [3.8, 4) is 0 Å². The average molecular weight is 299 g/mol. The molecule has 0 bridgehead atoms. The van der Waals surface area contributed by atoms with Crippen LogP contribution in [0.2, 0.25) is 5.02 Å². The zero-order chi connectivity index (χ0) is 14.0. The van der Waals surface area contributed by atoms with E-state index in [1.54, 1.807) is 0 Å². The topological polar surface area (TPSA) is 15.3 Å². The van der Waals surface area contributed by atoms with Gasteiger partial charge in [-0.2, -0.15) is 11.8 Å². The first kappa shape index (κ1) is 15.0. The molecule has 1 N–H and O–H groups in total. The molecule has 0 saturated carbocycles. The highest BCUT2D eigenvalue weighted by atomic mass is 35.5. The van der Waals surface area contributed by atoms with E-state index >= 15 is 0 Å². The second-order valence-electron chi connectivity index (χ2n) is 5.23. The molecule has 0 spiro atoms. The summed E-state index contributed by atoms with van der Waals surface area (Å²) in [6.07, 6.45) is 0. The Morgan fingerprint density at radius 2 is 2.16 bits per heavy atom. The summed E-state index contributed by atoms with van der Waals surface area (Å²) in [7, 11) is 1.96. The zero-order valence-corrected chi connectivity index (χ0v) is 13.7. The van der Waals surface area contributed by atoms with E-state index in [-0.39, 0.29) is 6.04 Å². The molecule has 1 aromatic rings. The molecular formula is C15H23ClN2S. The Balaban J connectivity index is 2.24. The second kappa shape index (κ2) is 6.38. The molecule has 0 aromatic heterocycles. The number of halogens is 1. The van der Waals surface area contributed by atoms with Crippen LogP contribution in [0.1, 0.15) is 32.4 Å². The molecule has 106 valence electrons. The van der Waals surface area contributed by atoms with Crippen LogP contribution < -0.4 is 10.2 Å². The summed E-state index contributed by atoms with van der Waals surface area (Å²) in [5.41, 5.74) is 2.41. The van der Waals surface area contributed by atoms with Gasteiger partial charge in [0.25, 0.3) is 0 Å². The van der Waals surface area contributed by atoms with E-state index in [1.807, 2.05) is 7.05 Å². The van der Waals surface area contributed by atoms with Gasteiger partial charge < -0.3 is 10.2 Å². The standard InChI is InChI=1S/C15H23ClN2S/c1-10(17-4)14-6-5-13(9-15(14)16)18-7-8-19-12(3)11(18)2/h5-6,9-12,17H,7-8H2,1-4H3. The summed E-state index contributed by atoms with van der Waals surface area (Å²) in [5.74, 6) is 1.19. The summed E-state index contributed by atoms with van der Waals surface area (Å²) in [6, 6.07) is 7.31. The number of nitrogens with one attached hydrogen (secondary N) is 1. The van der Waals surface area contributed by atoms with Gasteiger partial charge in [-0.05, 0) is 38.6 Å². The fourth-order valence-electron chi connectivity index (χ4n) is 2.50. The number of thioether (sulfide) groups is 1. The zero-order valence-electron chi connectivity index (χ0n) is 12.1. The third-order valence-electron chi connectivity index (χ3n) is 4.10. The van der Waals surface area contributed by atoms with Gasteiger partial charge in [-0.1, -0.05) is 24.6 Å². The highest BCUT2D eigenvalue weighted by molar-refractivity contribution is 8.00. The fourth-order valence-corrected chi connectivity index (χ4v) is 3.94. The van der Waals surface area contributed by atoms with Gasteiger partial charge in [0, 0.05) is 40.3 Å². The van der Waals surface area contributed by atoms with E-state index < -0.39 is 0 Å². The van der Waals surface area contributed by atoms with E-state index in [4.69, 9.17) is 11.6 Å². The molecule has 3 atom stereocenters. The number of hydrogen-bond donors (Lipinski definition) is 1. The molecule has 1 aliphatic rings. The molecule has 19 heavy (non-hydrogen) atoms. The molecule has 1 fully saturated rings. The molecule has 1 aromatic carbocycles.